The summed E-state index contributed by atoms with van der Waals surface area (Å²) in [5.41, 5.74) is 2.02. The van der Waals surface area contributed by atoms with E-state index in [2.05, 4.69) is 25.2 Å². The summed E-state index contributed by atoms with van der Waals surface area (Å²) in [6.07, 6.45) is 1.84. The van der Waals surface area contributed by atoms with Crippen molar-refractivity contribution in [3.05, 3.63) is 59.7 Å². The lowest BCUT2D eigenvalue weighted by Gasteiger charge is -2.30. The summed E-state index contributed by atoms with van der Waals surface area (Å²) >= 11 is 0. The summed E-state index contributed by atoms with van der Waals surface area (Å²) in [7, 11) is 3.31. The molecule has 8 heteroatoms. The second-order valence-corrected chi connectivity index (χ2v) is 11.5. The topological polar surface area (TPSA) is 92.3 Å². The highest BCUT2D eigenvalue weighted by atomic mass is 16.6. The van der Waals surface area contributed by atoms with Gasteiger partial charge in [-0.1, -0.05) is 64.1 Å². The number of benzene rings is 2. The number of carbonyl (C=O) groups is 2. The van der Waals surface area contributed by atoms with Crippen LogP contribution < -0.4 is 14.8 Å². The van der Waals surface area contributed by atoms with E-state index in [4.69, 9.17) is 23.7 Å². The Kier molecular flexibility index (Phi) is 12.8. The van der Waals surface area contributed by atoms with Gasteiger partial charge in [0.15, 0.2) is 11.5 Å². The molecule has 1 amide bonds. The van der Waals surface area contributed by atoms with Crippen molar-refractivity contribution in [2.24, 2.45) is 23.7 Å². The fourth-order valence-corrected chi connectivity index (χ4v) is 5.21. The SMILES string of the molecule is COCCCOc1cc(C[C@H](C[C@H](NC(=O)OCc2ccccc2)[C@@H]2C[C@@H](C(C)C)C(=O)O2)C(C)C)ccc1OC. The van der Waals surface area contributed by atoms with Crippen molar-refractivity contribution in [2.45, 2.75) is 72.1 Å². The van der Waals surface area contributed by atoms with E-state index >= 15 is 0 Å². The molecule has 1 aliphatic rings. The van der Waals surface area contributed by atoms with E-state index in [9.17, 15) is 9.59 Å². The van der Waals surface area contributed by atoms with E-state index < -0.39 is 12.2 Å². The minimum atomic E-state index is -0.512. The predicted octanol–water partition coefficient (Wildman–Crippen LogP) is 6.20. The van der Waals surface area contributed by atoms with Gasteiger partial charge in [-0.15, -0.1) is 0 Å². The van der Waals surface area contributed by atoms with Gasteiger partial charge in [0.25, 0.3) is 0 Å². The second-order valence-electron chi connectivity index (χ2n) is 11.5. The maximum absolute atomic E-state index is 12.9. The van der Waals surface area contributed by atoms with Crippen molar-refractivity contribution >= 4 is 12.1 Å². The van der Waals surface area contributed by atoms with Crippen LogP contribution in [0.2, 0.25) is 0 Å². The van der Waals surface area contributed by atoms with Gasteiger partial charge in [-0.3, -0.25) is 4.79 Å². The van der Waals surface area contributed by atoms with Gasteiger partial charge in [0.05, 0.1) is 25.7 Å². The first-order chi connectivity index (χ1) is 19.7. The number of esters is 1. The van der Waals surface area contributed by atoms with Gasteiger partial charge in [-0.05, 0) is 60.3 Å². The molecule has 0 bridgehead atoms. The van der Waals surface area contributed by atoms with Crippen LogP contribution in [0.3, 0.4) is 0 Å². The van der Waals surface area contributed by atoms with Crippen LogP contribution in [0.1, 0.15) is 58.1 Å². The third kappa shape index (κ3) is 9.95. The molecule has 0 unspecified atom stereocenters. The highest BCUT2D eigenvalue weighted by Gasteiger charge is 2.42. The van der Waals surface area contributed by atoms with Crippen LogP contribution in [-0.2, 0) is 32.0 Å². The molecule has 1 aliphatic heterocycles. The molecule has 3 rings (SSSR count). The Hall–Kier alpha value is -3.26. The van der Waals surface area contributed by atoms with Crippen molar-refractivity contribution < 1.29 is 33.3 Å². The molecule has 4 atom stereocenters. The standard InChI is InChI=1S/C33H47NO7/c1-22(2)26(17-25-13-14-29(38-6)31(18-25)39-16-10-15-37-5)19-28(30-20-27(23(3)4)32(35)41-30)34-33(36)40-21-24-11-8-7-9-12-24/h7-9,11-14,18,22-23,26-28,30H,10,15-17,19-21H2,1-6H3,(H,34,36)/t26-,27+,28+,30+/m1/s1. The zero-order chi connectivity index (χ0) is 29.8. The van der Waals surface area contributed by atoms with Gasteiger partial charge in [0, 0.05) is 20.1 Å². The Labute approximate surface area is 245 Å². The molecule has 2 aromatic carbocycles. The second kappa shape index (κ2) is 16.2. The molecular formula is C33H47NO7. The maximum atomic E-state index is 12.9. The summed E-state index contributed by atoms with van der Waals surface area (Å²) in [5, 5.41) is 3.05. The van der Waals surface area contributed by atoms with Crippen LogP contribution in [0.5, 0.6) is 11.5 Å². The maximum Gasteiger partial charge on any atom is 0.407 e. The van der Waals surface area contributed by atoms with Gasteiger partial charge in [-0.25, -0.2) is 4.79 Å². The van der Waals surface area contributed by atoms with Crippen molar-refractivity contribution in [3.63, 3.8) is 0 Å². The Morgan fingerprint density at radius 3 is 2.39 bits per heavy atom. The fourth-order valence-electron chi connectivity index (χ4n) is 5.21. The average molecular weight is 570 g/mol. The first kappa shape index (κ1) is 32.3. The van der Waals surface area contributed by atoms with Gasteiger partial charge >= 0.3 is 12.1 Å². The molecule has 1 fully saturated rings. The molecular weight excluding hydrogens is 522 g/mol. The summed E-state index contributed by atoms with van der Waals surface area (Å²) < 4.78 is 28.0. The predicted molar refractivity (Wildman–Crippen MR) is 158 cm³/mol. The van der Waals surface area contributed by atoms with Gasteiger partial charge in [0.1, 0.15) is 12.7 Å². The number of nitrogens with one attached hydrogen (secondary N) is 1. The van der Waals surface area contributed by atoms with Crippen molar-refractivity contribution in [2.75, 3.05) is 27.4 Å². The first-order valence-electron chi connectivity index (χ1n) is 14.7. The van der Waals surface area contributed by atoms with E-state index in [1.54, 1.807) is 14.2 Å². The Bertz CT molecular complexity index is 1090. The van der Waals surface area contributed by atoms with E-state index in [-0.39, 0.29) is 36.4 Å². The van der Waals surface area contributed by atoms with Gasteiger partial charge < -0.3 is 29.0 Å². The molecule has 1 N–H and O–H groups in total. The molecule has 0 aromatic heterocycles. The lowest BCUT2D eigenvalue weighted by Crippen LogP contribution is -2.45. The molecule has 1 heterocycles. The Morgan fingerprint density at radius 1 is 1.00 bits per heavy atom. The highest BCUT2D eigenvalue weighted by Crippen LogP contribution is 2.34. The number of rotatable bonds is 16. The molecule has 2 aromatic rings. The van der Waals surface area contributed by atoms with Crippen LogP contribution in [0, 0.1) is 23.7 Å². The van der Waals surface area contributed by atoms with E-state index in [1.807, 2.05) is 56.3 Å². The molecule has 0 spiro atoms. The lowest BCUT2D eigenvalue weighted by atomic mass is 9.81. The largest absolute Gasteiger partial charge is 0.493 e. The van der Waals surface area contributed by atoms with E-state index in [0.717, 1.165) is 24.0 Å². The molecule has 8 nitrogen and oxygen atoms in total. The number of hydrogen-bond donors (Lipinski definition) is 1. The lowest BCUT2D eigenvalue weighted by molar-refractivity contribution is -0.146. The molecule has 0 saturated carbocycles. The molecule has 0 aliphatic carbocycles. The molecule has 226 valence electrons. The minimum Gasteiger partial charge on any atom is -0.493 e. The van der Waals surface area contributed by atoms with E-state index in [1.165, 1.54) is 0 Å². The summed E-state index contributed by atoms with van der Waals surface area (Å²) in [6, 6.07) is 15.2. The summed E-state index contributed by atoms with van der Waals surface area (Å²) in [4.78, 5) is 25.6. The van der Waals surface area contributed by atoms with Crippen molar-refractivity contribution in [3.8, 4) is 11.5 Å². The Balaban J connectivity index is 1.75. The number of amides is 1. The number of carbonyl (C=O) groups excluding carboxylic acids is 2. The third-order valence-electron chi connectivity index (χ3n) is 7.80. The smallest absolute Gasteiger partial charge is 0.407 e. The van der Waals surface area contributed by atoms with Crippen molar-refractivity contribution in [1.82, 2.24) is 5.32 Å². The molecule has 1 saturated heterocycles. The summed E-state index contributed by atoms with van der Waals surface area (Å²) in [5.74, 6) is 1.69. The van der Waals surface area contributed by atoms with Crippen LogP contribution in [0.4, 0.5) is 4.79 Å². The van der Waals surface area contributed by atoms with Gasteiger partial charge in [-0.2, -0.15) is 0 Å². The average Bonchev–Trinajstić information content (AvgIpc) is 3.36. The fraction of sp³-hybridized carbons (Fsp3) is 0.576. The van der Waals surface area contributed by atoms with Crippen LogP contribution in [0.15, 0.2) is 48.5 Å². The number of hydrogen-bond acceptors (Lipinski definition) is 7. The number of ether oxygens (including phenoxy) is 5. The molecule has 41 heavy (non-hydrogen) atoms. The first-order valence-corrected chi connectivity index (χ1v) is 14.7. The summed E-state index contributed by atoms with van der Waals surface area (Å²) in [6.45, 7) is 9.74. The van der Waals surface area contributed by atoms with Gasteiger partial charge in [0.2, 0.25) is 0 Å². The zero-order valence-electron chi connectivity index (χ0n) is 25.4. The highest BCUT2D eigenvalue weighted by molar-refractivity contribution is 5.75. The van der Waals surface area contributed by atoms with Crippen LogP contribution in [0.25, 0.3) is 0 Å². The Morgan fingerprint density at radius 2 is 1.76 bits per heavy atom. The quantitative estimate of drug-likeness (QED) is 0.190. The third-order valence-corrected chi connectivity index (χ3v) is 7.80. The normalized spacial score (nSPS) is 18.2. The monoisotopic (exact) mass is 569 g/mol. The zero-order valence-corrected chi connectivity index (χ0v) is 25.4. The van der Waals surface area contributed by atoms with Crippen LogP contribution in [-0.4, -0.2) is 51.6 Å². The minimum absolute atomic E-state index is 0.167. The number of cyclic esters (lactones) is 1. The molecule has 0 radical (unpaired) electrons. The number of alkyl carbamates (subject to hydrolysis) is 1. The van der Waals surface area contributed by atoms with E-state index in [0.29, 0.717) is 43.5 Å². The van der Waals surface area contributed by atoms with Crippen LogP contribution >= 0.6 is 0 Å². The number of methoxy groups -OCH3 is 2. The van der Waals surface area contributed by atoms with Crippen molar-refractivity contribution in [1.29, 1.82) is 0 Å².